The second-order valence-corrected chi connectivity index (χ2v) is 4.27. The SMILES string of the molecule is CNCc1cccc(-c2ccccc2OC(F)(F)F)c1. The van der Waals surface area contributed by atoms with E-state index >= 15 is 0 Å². The van der Waals surface area contributed by atoms with Gasteiger partial charge in [-0.2, -0.15) is 0 Å². The Bertz CT molecular complexity index is 581. The zero-order valence-corrected chi connectivity index (χ0v) is 10.9. The van der Waals surface area contributed by atoms with E-state index in [0.29, 0.717) is 17.7 Å². The molecule has 0 aliphatic carbocycles. The van der Waals surface area contributed by atoms with Crippen molar-refractivity contribution in [3.8, 4) is 16.9 Å². The summed E-state index contributed by atoms with van der Waals surface area (Å²) in [5.41, 5.74) is 2.10. The van der Waals surface area contributed by atoms with Crippen LogP contribution in [0.25, 0.3) is 11.1 Å². The predicted octanol–water partition coefficient (Wildman–Crippen LogP) is 3.97. The molecular weight excluding hydrogens is 267 g/mol. The molecule has 106 valence electrons. The van der Waals surface area contributed by atoms with Crippen LogP contribution in [-0.4, -0.2) is 13.4 Å². The molecule has 0 aliphatic heterocycles. The lowest BCUT2D eigenvalue weighted by Gasteiger charge is -2.13. The van der Waals surface area contributed by atoms with Crippen molar-refractivity contribution < 1.29 is 17.9 Å². The number of para-hydroxylation sites is 1. The van der Waals surface area contributed by atoms with Crippen LogP contribution in [0.4, 0.5) is 13.2 Å². The third-order valence-electron chi connectivity index (χ3n) is 2.73. The van der Waals surface area contributed by atoms with Gasteiger partial charge in [-0.05, 0) is 30.3 Å². The predicted molar refractivity (Wildman–Crippen MR) is 71.3 cm³/mol. The Morgan fingerprint density at radius 2 is 1.80 bits per heavy atom. The van der Waals surface area contributed by atoms with Gasteiger partial charge in [0.2, 0.25) is 0 Å². The minimum absolute atomic E-state index is 0.193. The average Bonchev–Trinajstić information content (AvgIpc) is 2.38. The van der Waals surface area contributed by atoms with Gasteiger partial charge in [0, 0.05) is 12.1 Å². The summed E-state index contributed by atoms with van der Waals surface area (Å²) in [6, 6.07) is 13.4. The molecule has 0 unspecified atom stereocenters. The molecule has 2 aromatic rings. The summed E-state index contributed by atoms with van der Waals surface area (Å²) < 4.78 is 41.3. The summed E-state index contributed by atoms with van der Waals surface area (Å²) in [4.78, 5) is 0. The molecule has 1 N–H and O–H groups in total. The van der Waals surface area contributed by atoms with Gasteiger partial charge in [0.05, 0.1) is 0 Å². The van der Waals surface area contributed by atoms with Gasteiger partial charge in [-0.1, -0.05) is 36.4 Å². The van der Waals surface area contributed by atoms with Crippen LogP contribution in [0.2, 0.25) is 0 Å². The van der Waals surface area contributed by atoms with Crippen LogP contribution < -0.4 is 10.1 Å². The number of hydrogen-bond acceptors (Lipinski definition) is 2. The molecule has 0 aromatic heterocycles. The summed E-state index contributed by atoms with van der Waals surface area (Å²) in [6.07, 6.45) is -4.70. The van der Waals surface area contributed by atoms with Crippen LogP contribution in [0.1, 0.15) is 5.56 Å². The molecule has 0 saturated heterocycles. The number of rotatable bonds is 4. The summed E-state index contributed by atoms with van der Waals surface area (Å²) in [5.74, 6) is -0.193. The summed E-state index contributed by atoms with van der Waals surface area (Å²) in [7, 11) is 1.81. The monoisotopic (exact) mass is 281 g/mol. The van der Waals surface area contributed by atoms with E-state index in [1.165, 1.54) is 12.1 Å². The minimum atomic E-state index is -4.70. The maximum absolute atomic E-state index is 12.4. The van der Waals surface area contributed by atoms with E-state index in [1.807, 2.05) is 25.2 Å². The second-order valence-electron chi connectivity index (χ2n) is 4.27. The van der Waals surface area contributed by atoms with Crippen LogP contribution in [0, 0.1) is 0 Å². The van der Waals surface area contributed by atoms with Crippen molar-refractivity contribution in [2.75, 3.05) is 7.05 Å². The number of benzene rings is 2. The van der Waals surface area contributed by atoms with Gasteiger partial charge in [0.25, 0.3) is 0 Å². The number of halogens is 3. The van der Waals surface area contributed by atoms with E-state index in [9.17, 15) is 13.2 Å². The number of ether oxygens (including phenoxy) is 1. The third-order valence-corrected chi connectivity index (χ3v) is 2.73. The number of alkyl halides is 3. The number of hydrogen-bond donors (Lipinski definition) is 1. The molecule has 0 spiro atoms. The lowest BCUT2D eigenvalue weighted by molar-refractivity contribution is -0.274. The van der Waals surface area contributed by atoms with Crippen molar-refractivity contribution in [1.29, 1.82) is 0 Å². The zero-order chi connectivity index (χ0) is 14.6. The van der Waals surface area contributed by atoms with Gasteiger partial charge < -0.3 is 10.1 Å². The summed E-state index contributed by atoms with van der Waals surface area (Å²) >= 11 is 0. The van der Waals surface area contributed by atoms with E-state index in [-0.39, 0.29) is 5.75 Å². The second kappa shape index (κ2) is 5.96. The Hall–Kier alpha value is -2.01. The Morgan fingerprint density at radius 3 is 2.50 bits per heavy atom. The summed E-state index contributed by atoms with van der Waals surface area (Å²) in [6.45, 7) is 0.649. The van der Waals surface area contributed by atoms with E-state index in [2.05, 4.69) is 10.1 Å². The van der Waals surface area contributed by atoms with Crippen molar-refractivity contribution in [3.63, 3.8) is 0 Å². The molecule has 2 rings (SSSR count). The molecule has 0 bridgehead atoms. The molecule has 0 amide bonds. The quantitative estimate of drug-likeness (QED) is 0.915. The van der Waals surface area contributed by atoms with E-state index < -0.39 is 6.36 Å². The third kappa shape index (κ3) is 3.74. The van der Waals surface area contributed by atoms with Crippen molar-refractivity contribution >= 4 is 0 Å². The molecule has 5 heteroatoms. The molecule has 2 nitrogen and oxygen atoms in total. The Morgan fingerprint density at radius 1 is 1.05 bits per heavy atom. The van der Waals surface area contributed by atoms with Crippen molar-refractivity contribution in [2.45, 2.75) is 12.9 Å². The van der Waals surface area contributed by atoms with Crippen LogP contribution in [0.15, 0.2) is 48.5 Å². The fourth-order valence-electron chi connectivity index (χ4n) is 1.97. The smallest absolute Gasteiger partial charge is 0.405 e. The molecule has 0 radical (unpaired) electrons. The lowest BCUT2D eigenvalue weighted by atomic mass is 10.0. The zero-order valence-electron chi connectivity index (χ0n) is 10.9. The minimum Gasteiger partial charge on any atom is -0.405 e. The highest BCUT2D eigenvalue weighted by Gasteiger charge is 2.32. The van der Waals surface area contributed by atoms with Gasteiger partial charge in [0.15, 0.2) is 0 Å². The topological polar surface area (TPSA) is 21.3 Å². The Balaban J connectivity index is 2.39. The average molecular weight is 281 g/mol. The maximum atomic E-state index is 12.4. The number of nitrogens with one attached hydrogen (secondary N) is 1. The highest BCUT2D eigenvalue weighted by molar-refractivity contribution is 5.70. The highest BCUT2D eigenvalue weighted by atomic mass is 19.4. The first-order valence-electron chi connectivity index (χ1n) is 6.08. The molecule has 0 aliphatic rings. The first-order chi connectivity index (χ1) is 9.49. The van der Waals surface area contributed by atoms with E-state index in [1.54, 1.807) is 18.2 Å². The van der Waals surface area contributed by atoms with Gasteiger partial charge in [-0.25, -0.2) is 0 Å². The largest absolute Gasteiger partial charge is 0.573 e. The lowest BCUT2D eigenvalue weighted by Crippen LogP contribution is -2.17. The first kappa shape index (κ1) is 14.4. The Kier molecular flexibility index (Phi) is 4.29. The van der Waals surface area contributed by atoms with Crippen molar-refractivity contribution in [1.82, 2.24) is 5.32 Å². The van der Waals surface area contributed by atoms with Gasteiger partial charge in [-0.3, -0.25) is 0 Å². The maximum Gasteiger partial charge on any atom is 0.573 e. The van der Waals surface area contributed by atoms with Crippen LogP contribution in [0.5, 0.6) is 5.75 Å². The molecule has 2 aromatic carbocycles. The van der Waals surface area contributed by atoms with Gasteiger partial charge in [-0.15, -0.1) is 13.2 Å². The van der Waals surface area contributed by atoms with Gasteiger partial charge in [0.1, 0.15) is 5.75 Å². The molecule has 0 saturated carbocycles. The molecule has 0 fully saturated rings. The van der Waals surface area contributed by atoms with E-state index in [4.69, 9.17) is 0 Å². The molecular formula is C15H14F3NO. The fourth-order valence-corrected chi connectivity index (χ4v) is 1.97. The highest BCUT2D eigenvalue weighted by Crippen LogP contribution is 2.33. The fraction of sp³-hybridized carbons (Fsp3) is 0.200. The molecule has 20 heavy (non-hydrogen) atoms. The van der Waals surface area contributed by atoms with E-state index in [0.717, 1.165) is 5.56 Å². The first-order valence-corrected chi connectivity index (χ1v) is 6.08. The van der Waals surface area contributed by atoms with Crippen LogP contribution in [0.3, 0.4) is 0 Å². The van der Waals surface area contributed by atoms with Crippen LogP contribution >= 0.6 is 0 Å². The van der Waals surface area contributed by atoms with Crippen molar-refractivity contribution in [3.05, 3.63) is 54.1 Å². The summed E-state index contributed by atoms with van der Waals surface area (Å²) in [5, 5.41) is 3.00. The van der Waals surface area contributed by atoms with Crippen molar-refractivity contribution in [2.24, 2.45) is 0 Å². The molecule has 0 heterocycles. The Labute approximate surface area is 115 Å². The van der Waals surface area contributed by atoms with Gasteiger partial charge >= 0.3 is 6.36 Å². The standard InChI is InChI=1S/C15H14F3NO/c1-19-10-11-5-4-6-12(9-11)13-7-2-3-8-14(13)20-15(16,17)18/h2-9,19H,10H2,1H3. The normalized spacial score (nSPS) is 11.4. The molecule has 0 atom stereocenters. The van der Waals surface area contributed by atoms with Crippen LogP contribution in [-0.2, 0) is 6.54 Å².